The molecule has 0 fully saturated rings. The maximum absolute atomic E-state index is 11.8. The van der Waals surface area contributed by atoms with Gasteiger partial charge in [0.15, 0.2) is 5.76 Å². The van der Waals surface area contributed by atoms with Crippen molar-refractivity contribution in [3.8, 4) is 0 Å². The van der Waals surface area contributed by atoms with Crippen molar-refractivity contribution >= 4 is 16.9 Å². The molecule has 0 spiro atoms. The number of rotatable bonds is 2. The molecule has 0 aliphatic carbocycles. The van der Waals surface area contributed by atoms with Crippen LogP contribution in [0, 0.1) is 0 Å². The summed E-state index contributed by atoms with van der Waals surface area (Å²) in [6.07, 6.45) is 0. The maximum atomic E-state index is 11.8. The monoisotopic (exact) mass is 203 g/mol. The lowest BCUT2D eigenvalue weighted by Gasteiger charge is -2.11. The summed E-state index contributed by atoms with van der Waals surface area (Å²) in [5.74, 6) is 0.328. The van der Waals surface area contributed by atoms with Gasteiger partial charge in [0, 0.05) is 19.0 Å². The minimum Gasteiger partial charge on any atom is -0.451 e. The summed E-state index contributed by atoms with van der Waals surface area (Å²) < 4.78 is 5.46. The highest BCUT2D eigenvalue weighted by Crippen LogP contribution is 2.19. The van der Waals surface area contributed by atoms with Gasteiger partial charge in [0.2, 0.25) is 0 Å². The van der Waals surface area contributed by atoms with E-state index in [0.717, 1.165) is 11.0 Å². The van der Waals surface area contributed by atoms with Gasteiger partial charge < -0.3 is 9.32 Å². The topological polar surface area (TPSA) is 33.5 Å². The summed E-state index contributed by atoms with van der Waals surface area (Å²) in [5, 5.41) is 0.963. The SMILES string of the molecule is CCN(C)C(=O)c1cc2ccccc2o1. The number of carbonyl (C=O) groups excluding carboxylic acids is 1. The Balaban J connectivity index is 2.41. The van der Waals surface area contributed by atoms with Crippen LogP contribution in [0.3, 0.4) is 0 Å². The smallest absolute Gasteiger partial charge is 0.289 e. The second kappa shape index (κ2) is 3.77. The van der Waals surface area contributed by atoms with Crippen molar-refractivity contribution in [1.82, 2.24) is 4.90 Å². The Labute approximate surface area is 88.3 Å². The predicted octanol–water partition coefficient (Wildman–Crippen LogP) is 2.52. The first kappa shape index (κ1) is 9.77. The number of hydrogen-bond donors (Lipinski definition) is 0. The molecule has 0 N–H and O–H groups in total. The molecule has 1 aromatic heterocycles. The summed E-state index contributed by atoms with van der Waals surface area (Å²) >= 11 is 0. The molecule has 15 heavy (non-hydrogen) atoms. The van der Waals surface area contributed by atoms with Crippen LogP contribution in [0.15, 0.2) is 34.7 Å². The van der Waals surface area contributed by atoms with E-state index in [1.54, 1.807) is 18.0 Å². The van der Waals surface area contributed by atoms with Gasteiger partial charge in [-0.3, -0.25) is 4.79 Å². The standard InChI is InChI=1S/C12H13NO2/c1-3-13(2)12(14)11-8-9-6-4-5-7-10(9)15-11/h4-8H,3H2,1-2H3. The second-order valence-electron chi connectivity index (χ2n) is 3.47. The zero-order chi connectivity index (χ0) is 10.8. The molecule has 1 amide bonds. The van der Waals surface area contributed by atoms with Gasteiger partial charge in [-0.05, 0) is 19.1 Å². The van der Waals surface area contributed by atoms with Crippen molar-refractivity contribution in [3.05, 3.63) is 36.1 Å². The third kappa shape index (κ3) is 1.73. The molecule has 0 radical (unpaired) electrons. The van der Waals surface area contributed by atoms with Crippen molar-refractivity contribution in [3.63, 3.8) is 0 Å². The van der Waals surface area contributed by atoms with Crippen LogP contribution in [0.25, 0.3) is 11.0 Å². The Hall–Kier alpha value is -1.77. The Kier molecular flexibility index (Phi) is 2.46. The first-order chi connectivity index (χ1) is 7.22. The van der Waals surface area contributed by atoms with Crippen LogP contribution in [-0.2, 0) is 0 Å². The van der Waals surface area contributed by atoms with Crippen LogP contribution < -0.4 is 0 Å². The second-order valence-corrected chi connectivity index (χ2v) is 3.47. The molecule has 0 saturated heterocycles. The average Bonchev–Trinajstić information content (AvgIpc) is 2.70. The van der Waals surface area contributed by atoms with Gasteiger partial charge in [-0.15, -0.1) is 0 Å². The molecule has 0 aliphatic rings. The highest BCUT2D eigenvalue weighted by atomic mass is 16.3. The van der Waals surface area contributed by atoms with Crippen LogP contribution in [0.1, 0.15) is 17.5 Å². The van der Waals surface area contributed by atoms with Crippen LogP contribution in [0.2, 0.25) is 0 Å². The number of carbonyl (C=O) groups is 1. The van der Waals surface area contributed by atoms with E-state index in [1.165, 1.54) is 0 Å². The Morgan fingerprint density at radius 3 is 2.80 bits per heavy atom. The molecular weight excluding hydrogens is 190 g/mol. The largest absolute Gasteiger partial charge is 0.451 e. The average molecular weight is 203 g/mol. The molecule has 2 rings (SSSR count). The number of hydrogen-bond acceptors (Lipinski definition) is 2. The van der Waals surface area contributed by atoms with Gasteiger partial charge in [0.1, 0.15) is 5.58 Å². The van der Waals surface area contributed by atoms with Crippen LogP contribution in [0.4, 0.5) is 0 Å². The number of nitrogens with zero attached hydrogens (tertiary/aromatic N) is 1. The lowest BCUT2D eigenvalue weighted by Crippen LogP contribution is -2.25. The summed E-state index contributed by atoms with van der Waals surface area (Å²) in [6, 6.07) is 9.39. The van der Waals surface area contributed by atoms with Crippen molar-refractivity contribution < 1.29 is 9.21 Å². The Morgan fingerprint density at radius 2 is 2.13 bits per heavy atom. The fourth-order valence-electron chi connectivity index (χ4n) is 1.42. The summed E-state index contributed by atoms with van der Waals surface area (Å²) in [4.78, 5) is 13.4. The predicted molar refractivity (Wildman–Crippen MR) is 58.8 cm³/mol. The normalized spacial score (nSPS) is 10.5. The van der Waals surface area contributed by atoms with E-state index in [4.69, 9.17) is 4.42 Å². The lowest BCUT2D eigenvalue weighted by molar-refractivity contribution is 0.0773. The van der Waals surface area contributed by atoms with Gasteiger partial charge in [-0.1, -0.05) is 18.2 Å². The summed E-state index contributed by atoms with van der Waals surface area (Å²) in [7, 11) is 1.76. The molecule has 78 valence electrons. The molecule has 0 aliphatic heterocycles. The molecule has 0 unspecified atom stereocenters. The number of benzene rings is 1. The fourth-order valence-corrected chi connectivity index (χ4v) is 1.42. The van der Waals surface area contributed by atoms with Gasteiger partial charge in [-0.2, -0.15) is 0 Å². The van der Waals surface area contributed by atoms with E-state index < -0.39 is 0 Å². The number of amides is 1. The third-order valence-corrected chi connectivity index (χ3v) is 2.46. The van der Waals surface area contributed by atoms with Crippen molar-refractivity contribution in [2.24, 2.45) is 0 Å². The zero-order valence-electron chi connectivity index (χ0n) is 8.86. The quantitative estimate of drug-likeness (QED) is 0.751. The minimum atomic E-state index is -0.0753. The van der Waals surface area contributed by atoms with E-state index in [1.807, 2.05) is 31.2 Å². The molecule has 0 bridgehead atoms. The molecule has 3 heteroatoms. The zero-order valence-corrected chi connectivity index (χ0v) is 8.86. The molecule has 1 aromatic carbocycles. The van der Waals surface area contributed by atoms with Gasteiger partial charge in [-0.25, -0.2) is 0 Å². The summed E-state index contributed by atoms with van der Waals surface area (Å²) in [6.45, 7) is 2.61. The highest BCUT2D eigenvalue weighted by Gasteiger charge is 2.14. The van der Waals surface area contributed by atoms with Gasteiger partial charge in [0.25, 0.3) is 5.91 Å². The number of fused-ring (bicyclic) bond motifs is 1. The highest BCUT2D eigenvalue weighted by molar-refractivity contribution is 5.95. The molecular formula is C12H13NO2. The Bertz CT molecular complexity index is 454. The van der Waals surface area contributed by atoms with Crippen LogP contribution in [0.5, 0.6) is 0 Å². The first-order valence-electron chi connectivity index (χ1n) is 4.96. The minimum absolute atomic E-state index is 0.0753. The molecule has 0 atom stereocenters. The van der Waals surface area contributed by atoms with Crippen LogP contribution >= 0.6 is 0 Å². The molecule has 1 heterocycles. The van der Waals surface area contributed by atoms with Gasteiger partial charge >= 0.3 is 0 Å². The van der Waals surface area contributed by atoms with E-state index in [0.29, 0.717) is 12.3 Å². The van der Waals surface area contributed by atoms with Crippen molar-refractivity contribution in [2.75, 3.05) is 13.6 Å². The molecule has 0 saturated carbocycles. The lowest BCUT2D eigenvalue weighted by atomic mass is 10.2. The van der Waals surface area contributed by atoms with E-state index in [9.17, 15) is 4.79 Å². The third-order valence-electron chi connectivity index (χ3n) is 2.46. The number of furan rings is 1. The number of para-hydroxylation sites is 1. The van der Waals surface area contributed by atoms with E-state index >= 15 is 0 Å². The van der Waals surface area contributed by atoms with E-state index in [-0.39, 0.29) is 5.91 Å². The van der Waals surface area contributed by atoms with Crippen molar-refractivity contribution in [1.29, 1.82) is 0 Å². The first-order valence-corrected chi connectivity index (χ1v) is 4.96. The summed E-state index contributed by atoms with van der Waals surface area (Å²) in [5.41, 5.74) is 0.755. The molecule has 3 nitrogen and oxygen atoms in total. The van der Waals surface area contributed by atoms with Gasteiger partial charge in [0.05, 0.1) is 0 Å². The maximum Gasteiger partial charge on any atom is 0.289 e. The van der Waals surface area contributed by atoms with E-state index in [2.05, 4.69) is 0 Å². The molecule has 2 aromatic rings. The fraction of sp³-hybridized carbons (Fsp3) is 0.250. The van der Waals surface area contributed by atoms with Crippen molar-refractivity contribution in [2.45, 2.75) is 6.92 Å². The van der Waals surface area contributed by atoms with Crippen LogP contribution in [-0.4, -0.2) is 24.4 Å². The Morgan fingerprint density at radius 1 is 1.40 bits per heavy atom.